The van der Waals surface area contributed by atoms with Gasteiger partial charge in [-0.2, -0.15) is 5.10 Å². The first-order valence-corrected chi connectivity index (χ1v) is 8.30. The molecule has 0 saturated carbocycles. The van der Waals surface area contributed by atoms with Gasteiger partial charge in [0.15, 0.2) is 0 Å². The molecule has 3 aromatic rings. The molecule has 3 rings (SSSR count). The first-order valence-electron chi connectivity index (χ1n) is 7.54. The minimum Gasteiger partial charge on any atom is -0.550 e. The molecular weight excluding hydrogens is 347 g/mol. The van der Waals surface area contributed by atoms with Gasteiger partial charge < -0.3 is 9.90 Å². The average Bonchev–Trinajstić information content (AvgIpc) is 2.85. The molecule has 0 N–H and O–H groups in total. The highest BCUT2D eigenvalue weighted by Crippen LogP contribution is 2.27. The first-order chi connectivity index (χ1) is 11.5. The molecule has 0 bridgehead atoms. The minimum atomic E-state index is -1.05. The van der Waals surface area contributed by atoms with Gasteiger partial charge in [-0.1, -0.05) is 41.4 Å². The van der Waals surface area contributed by atoms with Crippen LogP contribution in [0.1, 0.15) is 23.2 Å². The quantitative estimate of drug-likeness (QED) is 0.699. The highest BCUT2D eigenvalue weighted by atomic mass is 35.5. The largest absolute Gasteiger partial charge is 0.550 e. The molecule has 0 unspecified atom stereocenters. The van der Waals surface area contributed by atoms with Crippen molar-refractivity contribution in [3.05, 3.63) is 63.3 Å². The number of aromatic nitrogens is 2. The van der Waals surface area contributed by atoms with Gasteiger partial charge in [0.05, 0.1) is 17.8 Å². The third-order valence-corrected chi connectivity index (χ3v) is 4.70. The van der Waals surface area contributed by atoms with Crippen molar-refractivity contribution >= 4 is 40.1 Å². The Morgan fingerprint density at radius 1 is 1.21 bits per heavy atom. The van der Waals surface area contributed by atoms with Crippen molar-refractivity contribution in [3.63, 3.8) is 0 Å². The lowest BCUT2D eigenvalue weighted by Gasteiger charge is -2.09. The summed E-state index contributed by atoms with van der Waals surface area (Å²) >= 11 is 12.5. The summed E-state index contributed by atoms with van der Waals surface area (Å²) in [5.74, 6) is -1.05. The van der Waals surface area contributed by atoms with Gasteiger partial charge in [-0.05, 0) is 43.5 Å². The maximum Gasteiger partial charge on any atom is 0.0696 e. The van der Waals surface area contributed by atoms with Gasteiger partial charge in [0.25, 0.3) is 0 Å². The highest BCUT2D eigenvalue weighted by Gasteiger charge is 2.12. The zero-order valence-corrected chi connectivity index (χ0v) is 14.6. The number of aliphatic carboxylic acids is 1. The molecule has 6 heteroatoms. The van der Waals surface area contributed by atoms with Crippen molar-refractivity contribution in [1.29, 1.82) is 0 Å². The molecule has 0 saturated heterocycles. The van der Waals surface area contributed by atoms with Crippen LogP contribution in [0.25, 0.3) is 10.9 Å². The third-order valence-electron chi connectivity index (χ3n) is 3.99. The van der Waals surface area contributed by atoms with Crippen molar-refractivity contribution in [2.24, 2.45) is 0 Å². The maximum atomic E-state index is 10.7. The maximum absolute atomic E-state index is 10.7. The van der Waals surface area contributed by atoms with Crippen molar-refractivity contribution in [3.8, 4) is 0 Å². The minimum absolute atomic E-state index is 0.00499. The molecule has 4 nitrogen and oxygen atoms in total. The van der Waals surface area contributed by atoms with E-state index < -0.39 is 5.97 Å². The number of carbonyl (C=O) groups is 1. The summed E-state index contributed by atoms with van der Waals surface area (Å²) in [5.41, 5.74) is 3.57. The molecule has 24 heavy (non-hydrogen) atoms. The van der Waals surface area contributed by atoms with Gasteiger partial charge in [-0.3, -0.25) is 4.68 Å². The Bertz CT molecular complexity index is 899. The summed E-state index contributed by atoms with van der Waals surface area (Å²) in [6.45, 7) is 2.39. The fraction of sp³-hybridized carbons (Fsp3) is 0.222. The number of halogens is 2. The van der Waals surface area contributed by atoms with Gasteiger partial charge in [-0.25, -0.2) is 0 Å². The fourth-order valence-electron chi connectivity index (χ4n) is 2.74. The number of fused-ring (bicyclic) bond motifs is 1. The molecule has 0 radical (unpaired) electrons. The van der Waals surface area contributed by atoms with E-state index in [0.29, 0.717) is 23.0 Å². The number of nitrogens with zero attached hydrogens (tertiary/aromatic N) is 2. The van der Waals surface area contributed by atoms with Crippen LogP contribution in [0, 0.1) is 6.92 Å². The fourth-order valence-corrected chi connectivity index (χ4v) is 3.26. The van der Waals surface area contributed by atoms with E-state index in [0.717, 1.165) is 27.7 Å². The molecule has 0 atom stereocenters. The molecular formula is C18H15Cl2N2O2-. The lowest BCUT2D eigenvalue weighted by atomic mass is 10.1. The van der Waals surface area contributed by atoms with E-state index in [1.165, 1.54) is 0 Å². The number of hydrogen-bond donors (Lipinski definition) is 0. The number of carbonyl (C=O) groups excluding carboxylic acids is 1. The number of benzene rings is 2. The molecule has 0 aliphatic rings. The van der Waals surface area contributed by atoms with E-state index in [1.807, 2.05) is 29.8 Å². The third kappa shape index (κ3) is 3.40. The molecule has 1 heterocycles. The Kier molecular flexibility index (Phi) is 4.78. The second kappa shape index (κ2) is 6.83. The van der Waals surface area contributed by atoms with E-state index in [4.69, 9.17) is 23.2 Å². The number of aryl methyl sites for hydroxylation is 2. The van der Waals surface area contributed by atoms with Crippen molar-refractivity contribution in [1.82, 2.24) is 9.78 Å². The van der Waals surface area contributed by atoms with Crippen LogP contribution in [0.5, 0.6) is 0 Å². The monoisotopic (exact) mass is 361 g/mol. The van der Waals surface area contributed by atoms with Gasteiger partial charge in [-0.15, -0.1) is 0 Å². The zero-order chi connectivity index (χ0) is 17.3. The van der Waals surface area contributed by atoms with Crippen LogP contribution in [0.15, 0.2) is 36.4 Å². The van der Waals surface area contributed by atoms with Crippen molar-refractivity contribution in [2.45, 2.75) is 26.3 Å². The molecule has 124 valence electrons. The molecule has 0 fully saturated rings. The molecule has 2 aromatic carbocycles. The predicted molar refractivity (Wildman–Crippen MR) is 93.4 cm³/mol. The Morgan fingerprint density at radius 2 is 1.92 bits per heavy atom. The van der Waals surface area contributed by atoms with Gasteiger partial charge in [0.2, 0.25) is 0 Å². The normalized spacial score (nSPS) is 11.1. The van der Waals surface area contributed by atoms with Crippen LogP contribution >= 0.6 is 23.2 Å². The molecule has 1 aromatic heterocycles. The summed E-state index contributed by atoms with van der Waals surface area (Å²) in [7, 11) is 0. The summed E-state index contributed by atoms with van der Waals surface area (Å²) in [6, 6.07) is 11.3. The van der Waals surface area contributed by atoms with Crippen LogP contribution in [0.2, 0.25) is 10.0 Å². The standard InChI is InChI=1S/C18H16Cl2N2O2/c1-11-13-7-5-12(6-8-18(23)24)9-17(13)22(21-11)10-14-15(19)3-2-4-16(14)20/h2-5,7,9H,6,8,10H2,1H3,(H,23,24)/p-1. The second-order valence-electron chi connectivity index (χ2n) is 5.67. The molecule has 0 aliphatic heterocycles. The van der Waals surface area contributed by atoms with Crippen molar-refractivity contribution in [2.75, 3.05) is 0 Å². The van der Waals surface area contributed by atoms with Gasteiger partial charge >= 0.3 is 0 Å². The Labute approximate surface area is 149 Å². The Hall–Kier alpha value is -2.04. The van der Waals surface area contributed by atoms with Crippen LogP contribution < -0.4 is 5.11 Å². The van der Waals surface area contributed by atoms with Gasteiger partial charge in [0.1, 0.15) is 0 Å². The number of rotatable bonds is 5. The first kappa shape index (κ1) is 16.8. The highest BCUT2D eigenvalue weighted by molar-refractivity contribution is 6.36. The van der Waals surface area contributed by atoms with Crippen LogP contribution in [-0.4, -0.2) is 15.7 Å². The lowest BCUT2D eigenvalue weighted by molar-refractivity contribution is -0.305. The summed E-state index contributed by atoms with van der Waals surface area (Å²) in [6.07, 6.45) is 0.421. The molecule has 0 spiro atoms. The van der Waals surface area contributed by atoms with E-state index >= 15 is 0 Å². The van der Waals surface area contributed by atoms with Crippen LogP contribution in [0.3, 0.4) is 0 Å². The molecule has 0 aliphatic carbocycles. The number of carboxylic acid groups (broad SMARTS) is 1. The summed E-state index contributed by atoms with van der Waals surface area (Å²) < 4.78 is 1.85. The van der Waals surface area contributed by atoms with Crippen LogP contribution in [-0.2, 0) is 17.8 Å². The number of carboxylic acids is 1. The second-order valence-corrected chi connectivity index (χ2v) is 6.48. The predicted octanol–water partition coefficient (Wildman–Crippen LogP) is 3.38. The zero-order valence-electron chi connectivity index (χ0n) is 13.1. The molecule has 0 amide bonds. The summed E-state index contributed by atoms with van der Waals surface area (Å²) in [4.78, 5) is 10.7. The topological polar surface area (TPSA) is 58.0 Å². The van der Waals surface area contributed by atoms with E-state index in [9.17, 15) is 9.90 Å². The Morgan fingerprint density at radius 3 is 2.58 bits per heavy atom. The smallest absolute Gasteiger partial charge is 0.0696 e. The lowest BCUT2D eigenvalue weighted by Crippen LogP contribution is -2.22. The van der Waals surface area contributed by atoms with Crippen molar-refractivity contribution < 1.29 is 9.90 Å². The van der Waals surface area contributed by atoms with E-state index in [-0.39, 0.29) is 6.42 Å². The summed E-state index contributed by atoms with van der Waals surface area (Å²) in [5, 5.41) is 17.5. The van der Waals surface area contributed by atoms with E-state index in [2.05, 4.69) is 5.10 Å². The van der Waals surface area contributed by atoms with Crippen LogP contribution in [0.4, 0.5) is 0 Å². The van der Waals surface area contributed by atoms with E-state index in [1.54, 1.807) is 18.2 Å². The average molecular weight is 362 g/mol. The number of hydrogen-bond acceptors (Lipinski definition) is 3. The SMILES string of the molecule is Cc1nn(Cc2c(Cl)cccc2Cl)c2cc(CCC(=O)[O-])ccc12. The van der Waals surface area contributed by atoms with Gasteiger partial charge in [0, 0.05) is 27.0 Å². The Balaban J connectivity index is 2.01.